The number of nitriles is 1. The molecular weight excluding hydrogens is 288 g/mol. The van der Waals surface area contributed by atoms with E-state index in [4.69, 9.17) is 0 Å². The molecule has 1 N–H and O–H groups in total. The van der Waals surface area contributed by atoms with Gasteiger partial charge in [0.25, 0.3) is 5.56 Å². The normalized spacial score (nSPS) is 11.1. The number of rotatable bonds is 2. The molecule has 0 aliphatic carbocycles. The third kappa shape index (κ3) is 2.33. The van der Waals surface area contributed by atoms with Crippen LogP contribution in [0.3, 0.4) is 0 Å². The third-order valence-corrected chi connectivity index (χ3v) is 4.20. The maximum atomic E-state index is 12.8. The molecule has 0 amide bonds. The standard InChI is InChI=1S/C18H18N4O/c1-10(2)15-16(13-6-5-11(3)12(4)7-13)21-17-14(8-19)9-20-22(17)18(15)23/h5-7,9-10,21H,1-4H3. The van der Waals surface area contributed by atoms with Gasteiger partial charge in [0.15, 0.2) is 5.65 Å². The van der Waals surface area contributed by atoms with E-state index in [-0.39, 0.29) is 11.5 Å². The Hall–Kier alpha value is -2.87. The van der Waals surface area contributed by atoms with E-state index < -0.39 is 0 Å². The Morgan fingerprint density at radius 3 is 2.61 bits per heavy atom. The Morgan fingerprint density at radius 2 is 2.00 bits per heavy atom. The van der Waals surface area contributed by atoms with Crippen LogP contribution in [0.25, 0.3) is 16.9 Å². The molecule has 0 aliphatic heterocycles. The second-order valence-electron chi connectivity index (χ2n) is 6.10. The summed E-state index contributed by atoms with van der Waals surface area (Å²) < 4.78 is 1.28. The maximum absolute atomic E-state index is 12.8. The highest BCUT2D eigenvalue weighted by Gasteiger charge is 2.19. The van der Waals surface area contributed by atoms with E-state index in [1.165, 1.54) is 16.3 Å². The van der Waals surface area contributed by atoms with E-state index in [1.54, 1.807) is 0 Å². The average molecular weight is 306 g/mol. The SMILES string of the molecule is Cc1ccc(-c2[nH]c3c(C#N)cnn3c(=O)c2C(C)C)cc1C. The Bertz CT molecular complexity index is 1000. The van der Waals surface area contributed by atoms with E-state index >= 15 is 0 Å². The molecule has 3 rings (SSSR count). The monoisotopic (exact) mass is 306 g/mol. The van der Waals surface area contributed by atoms with Crippen LogP contribution in [0.2, 0.25) is 0 Å². The second-order valence-corrected chi connectivity index (χ2v) is 6.10. The van der Waals surface area contributed by atoms with Crippen LogP contribution in [-0.4, -0.2) is 14.6 Å². The van der Waals surface area contributed by atoms with Crippen LogP contribution < -0.4 is 5.56 Å². The van der Waals surface area contributed by atoms with Crippen molar-refractivity contribution in [3.8, 4) is 17.3 Å². The number of aryl methyl sites for hydroxylation is 2. The van der Waals surface area contributed by atoms with Crippen LogP contribution >= 0.6 is 0 Å². The summed E-state index contributed by atoms with van der Waals surface area (Å²) >= 11 is 0. The predicted octanol–water partition coefficient (Wildman–Crippen LogP) is 3.30. The van der Waals surface area contributed by atoms with Gasteiger partial charge in [0.05, 0.1) is 11.9 Å². The van der Waals surface area contributed by atoms with Crippen LogP contribution in [0, 0.1) is 25.2 Å². The minimum absolute atomic E-state index is 0.0366. The highest BCUT2D eigenvalue weighted by molar-refractivity contribution is 5.69. The van der Waals surface area contributed by atoms with Crippen molar-refractivity contribution in [1.82, 2.24) is 14.6 Å². The molecule has 0 unspecified atom stereocenters. The molecule has 0 atom stereocenters. The average Bonchev–Trinajstić information content (AvgIpc) is 2.92. The van der Waals surface area contributed by atoms with E-state index in [9.17, 15) is 10.1 Å². The zero-order valence-corrected chi connectivity index (χ0v) is 13.6. The Morgan fingerprint density at radius 1 is 1.26 bits per heavy atom. The number of aromatic nitrogens is 3. The molecule has 0 fully saturated rings. The predicted molar refractivity (Wildman–Crippen MR) is 89.5 cm³/mol. The lowest BCUT2D eigenvalue weighted by molar-refractivity contribution is 0.797. The fraction of sp³-hybridized carbons (Fsp3) is 0.278. The Balaban J connectivity index is 2.42. The third-order valence-electron chi connectivity index (χ3n) is 4.20. The molecule has 0 saturated carbocycles. The summed E-state index contributed by atoms with van der Waals surface area (Å²) in [4.78, 5) is 16.1. The molecule has 116 valence electrons. The van der Waals surface area contributed by atoms with Crippen molar-refractivity contribution < 1.29 is 0 Å². The number of hydrogen-bond donors (Lipinski definition) is 1. The largest absolute Gasteiger partial charge is 0.338 e. The molecule has 3 aromatic rings. The summed E-state index contributed by atoms with van der Waals surface area (Å²) in [7, 11) is 0. The summed E-state index contributed by atoms with van der Waals surface area (Å²) in [6.07, 6.45) is 1.42. The molecule has 0 radical (unpaired) electrons. The van der Waals surface area contributed by atoms with Crippen molar-refractivity contribution >= 4 is 5.65 Å². The maximum Gasteiger partial charge on any atom is 0.278 e. The summed E-state index contributed by atoms with van der Waals surface area (Å²) in [5.74, 6) is 0.0366. The van der Waals surface area contributed by atoms with Crippen LogP contribution in [0.15, 0.2) is 29.2 Å². The minimum Gasteiger partial charge on any atom is -0.338 e. The van der Waals surface area contributed by atoms with Gasteiger partial charge in [-0.3, -0.25) is 4.79 Å². The molecule has 1 aromatic carbocycles. The first-order valence-electron chi connectivity index (χ1n) is 7.55. The van der Waals surface area contributed by atoms with Crippen LogP contribution in [0.1, 0.15) is 42.0 Å². The van der Waals surface area contributed by atoms with Gasteiger partial charge in [-0.15, -0.1) is 0 Å². The zero-order valence-electron chi connectivity index (χ0n) is 13.6. The molecule has 0 saturated heterocycles. The van der Waals surface area contributed by atoms with E-state index in [2.05, 4.69) is 29.1 Å². The molecule has 0 aliphatic rings. The first kappa shape index (κ1) is 15.0. The molecule has 0 spiro atoms. The van der Waals surface area contributed by atoms with E-state index in [0.29, 0.717) is 16.8 Å². The van der Waals surface area contributed by atoms with Gasteiger partial charge in [0, 0.05) is 5.56 Å². The number of aromatic amines is 1. The number of fused-ring (bicyclic) bond motifs is 1. The molecule has 0 bridgehead atoms. The van der Waals surface area contributed by atoms with Crippen molar-refractivity contribution in [3.05, 3.63) is 57.0 Å². The fourth-order valence-corrected chi connectivity index (χ4v) is 2.77. The molecule has 5 heteroatoms. The Kier molecular flexibility index (Phi) is 3.53. The van der Waals surface area contributed by atoms with Crippen molar-refractivity contribution in [2.45, 2.75) is 33.6 Å². The smallest absolute Gasteiger partial charge is 0.278 e. The van der Waals surface area contributed by atoms with Gasteiger partial charge in [-0.25, -0.2) is 0 Å². The molecule has 2 heterocycles. The quantitative estimate of drug-likeness (QED) is 0.789. The van der Waals surface area contributed by atoms with Crippen LogP contribution in [0.4, 0.5) is 0 Å². The van der Waals surface area contributed by atoms with Crippen molar-refractivity contribution in [2.75, 3.05) is 0 Å². The fourth-order valence-electron chi connectivity index (χ4n) is 2.77. The number of nitrogens with one attached hydrogen (secondary N) is 1. The highest BCUT2D eigenvalue weighted by atomic mass is 16.1. The summed E-state index contributed by atoms with van der Waals surface area (Å²) in [6.45, 7) is 8.06. The second kappa shape index (κ2) is 5.40. The number of hydrogen-bond acceptors (Lipinski definition) is 3. The van der Waals surface area contributed by atoms with Crippen molar-refractivity contribution in [1.29, 1.82) is 5.26 Å². The van der Waals surface area contributed by atoms with Gasteiger partial charge >= 0.3 is 0 Å². The first-order chi connectivity index (χ1) is 10.9. The van der Waals surface area contributed by atoms with Crippen molar-refractivity contribution in [2.24, 2.45) is 0 Å². The molecule has 2 aromatic heterocycles. The number of nitrogens with zero attached hydrogens (tertiary/aromatic N) is 3. The molecule has 5 nitrogen and oxygen atoms in total. The summed E-state index contributed by atoms with van der Waals surface area (Å²) in [5.41, 5.74) is 5.37. The zero-order chi connectivity index (χ0) is 16.7. The van der Waals surface area contributed by atoms with Crippen LogP contribution in [-0.2, 0) is 0 Å². The summed E-state index contributed by atoms with van der Waals surface area (Å²) in [6, 6.07) is 8.17. The van der Waals surface area contributed by atoms with E-state index in [0.717, 1.165) is 16.8 Å². The summed E-state index contributed by atoms with van der Waals surface area (Å²) in [5, 5.41) is 13.3. The highest BCUT2D eigenvalue weighted by Crippen LogP contribution is 2.27. The van der Waals surface area contributed by atoms with E-state index in [1.807, 2.05) is 32.9 Å². The van der Waals surface area contributed by atoms with Gasteiger partial charge in [-0.2, -0.15) is 14.9 Å². The lowest BCUT2D eigenvalue weighted by Gasteiger charge is -2.14. The van der Waals surface area contributed by atoms with Gasteiger partial charge in [0.1, 0.15) is 11.6 Å². The first-order valence-corrected chi connectivity index (χ1v) is 7.55. The van der Waals surface area contributed by atoms with Gasteiger partial charge in [-0.05, 0) is 42.5 Å². The topological polar surface area (TPSA) is 73.9 Å². The molecule has 23 heavy (non-hydrogen) atoms. The van der Waals surface area contributed by atoms with Crippen LogP contribution in [0.5, 0.6) is 0 Å². The Labute approximate surface area is 134 Å². The lowest BCUT2D eigenvalue weighted by atomic mass is 9.96. The number of H-pyrrole nitrogens is 1. The van der Waals surface area contributed by atoms with Gasteiger partial charge in [-0.1, -0.05) is 26.0 Å². The minimum atomic E-state index is -0.177. The number of benzene rings is 1. The van der Waals surface area contributed by atoms with Gasteiger partial charge < -0.3 is 4.98 Å². The van der Waals surface area contributed by atoms with Gasteiger partial charge in [0.2, 0.25) is 0 Å². The molecular formula is C18H18N4O. The lowest BCUT2D eigenvalue weighted by Crippen LogP contribution is -2.22. The van der Waals surface area contributed by atoms with Crippen molar-refractivity contribution in [3.63, 3.8) is 0 Å².